The molecule has 110 valence electrons. The normalized spacial score (nSPS) is 21.4. The van der Waals surface area contributed by atoms with Crippen molar-refractivity contribution in [1.29, 1.82) is 0 Å². The molecule has 1 saturated heterocycles. The minimum atomic E-state index is 0.150. The van der Waals surface area contributed by atoms with Crippen LogP contribution in [0.5, 0.6) is 0 Å². The van der Waals surface area contributed by atoms with Gasteiger partial charge in [0.2, 0.25) is 0 Å². The number of rotatable bonds is 4. The Morgan fingerprint density at radius 1 is 1.29 bits per heavy atom. The summed E-state index contributed by atoms with van der Waals surface area (Å²) in [5.74, 6) is 1.87. The van der Waals surface area contributed by atoms with Crippen LogP contribution in [-0.4, -0.2) is 23.1 Å². The summed E-state index contributed by atoms with van der Waals surface area (Å²) in [6.45, 7) is 3.45. The fraction of sp³-hybridized carbons (Fsp3) is 0.375. The van der Waals surface area contributed by atoms with Crippen molar-refractivity contribution in [1.82, 2.24) is 9.97 Å². The predicted octanol–water partition coefficient (Wildman–Crippen LogP) is 3.63. The smallest absolute Gasteiger partial charge is 0.134 e. The van der Waals surface area contributed by atoms with Crippen molar-refractivity contribution in [2.45, 2.75) is 19.4 Å². The third-order valence-electron chi connectivity index (χ3n) is 3.69. The zero-order chi connectivity index (χ0) is 14.7. The first-order valence-corrected chi connectivity index (χ1v) is 7.52. The number of nitrogens with zero attached hydrogens (tertiary/aromatic N) is 2. The third kappa shape index (κ3) is 3.52. The van der Waals surface area contributed by atoms with Crippen molar-refractivity contribution < 1.29 is 4.74 Å². The Hall–Kier alpha value is -1.65. The van der Waals surface area contributed by atoms with Crippen LogP contribution >= 0.6 is 11.6 Å². The highest BCUT2D eigenvalue weighted by atomic mass is 35.5. The van der Waals surface area contributed by atoms with Gasteiger partial charge in [0, 0.05) is 25.1 Å². The lowest BCUT2D eigenvalue weighted by Crippen LogP contribution is -2.18. The topological polar surface area (TPSA) is 47.0 Å². The number of benzene rings is 1. The Labute approximate surface area is 129 Å². The van der Waals surface area contributed by atoms with E-state index in [0.717, 1.165) is 25.4 Å². The van der Waals surface area contributed by atoms with Crippen molar-refractivity contribution in [3.63, 3.8) is 0 Å². The van der Waals surface area contributed by atoms with E-state index in [1.165, 1.54) is 5.56 Å². The highest BCUT2D eigenvalue weighted by Gasteiger charge is 2.29. The summed E-state index contributed by atoms with van der Waals surface area (Å²) < 4.78 is 5.89. The highest BCUT2D eigenvalue weighted by molar-refractivity contribution is 6.29. The monoisotopic (exact) mass is 303 g/mol. The van der Waals surface area contributed by atoms with Crippen molar-refractivity contribution in [2.75, 3.05) is 18.5 Å². The number of nitrogens with one attached hydrogen (secondary N) is 1. The molecule has 21 heavy (non-hydrogen) atoms. The van der Waals surface area contributed by atoms with Crippen LogP contribution in [0.4, 0.5) is 5.82 Å². The summed E-state index contributed by atoms with van der Waals surface area (Å²) >= 11 is 5.95. The van der Waals surface area contributed by atoms with Gasteiger partial charge in [-0.05, 0) is 18.9 Å². The molecular formula is C16H18ClN3O. The lowest BCUT2D eigenvalue weighted by Gasteiger charge is -2.19. The summed E-state index contributed by atoms with van der Waals surface area (Å²) in [6, 6.07) is 12.1. The molecule has 1 aliphatic rings. The average Bonchev–Trinajstić information content (AvgIpc) is 2.93. The molecule has 0 spiro atoms. The van der Waals surface area contributed by atoms with E-state index in [2.05, 4.69) is 39.6 Å². The van der Waals surface area contributed by atoms with Crippen LogP contribution in [-0.2, 0) is 4.74 Å². The standard InChI is InChI=1S/C16H18ClN3O/c1-11-19-14(17)9-15(20-11)18-10-13-7-8-21-16(13)12-5-3-2-4-6-12/h2-6,9,13,16H,7-8,10H2,1H3,(H,18,19,20). The number of aryl methyl sites for hydroxylation is 1. The number of hydrogen-bond donors (Lipinski definition) is 1. The SMILES string of the molecule is Cc1nc(Cl)cc(NCC2CCOC2c2ccccc2)n1. The second-order valence-electron chi connectivity index (χ2n) is 5.25. The molecule has 0 radical (unpaired) electrons. The number of ether oxygens (including phenoxy) is 1. The van der Waals surface area contributed by atoms with Crippen LogP contribution in [0.3, 0.4) is 0 Å². The van der Waals surface area contributed by atoms with Crippen LogP contribution in [0.1, 0.15) is 23.9 Å². The van der Waals surface area contributed by atoms with E-state index in [1.807, 2.05) is 13.0 Å². The Morgan fingerprint density at radius 3 is 2.86 bits per heavy atom. The molecule has 0 amide bonds. The average molecular weight is 304 g/mol. The van der Waals surface area contributed by atoms with Crippen LogP contribution < -0.4 is 5.32 Å². The predicted molar refractivity (Wildman–Crippen MR) is 83.5 cm³/mol. The van der Waals surface area contributed by atoms with E-state index in [4.69, 9.17) is 16.3 Å². The first-order chi connectivity index (χ1) is 10.2. The Bertz CT molecular complexity index is 585. The molecule has 1 aromatic carbocycles. The Kier molecular flexibility index (Phi) is 4.36. The number of anilines is 1. The summed E-state index contributed by atoms with van der Waals surface area (Å²) in [7, 11) is 0. The molecule has 2 unspecified atom stereocenters. The second-order valence-corrected chi connectivity index (χ2v) is 5.64. The molecule has 2 aromatic rings. The summed E-state index contributed by atoms with van der Waals surface area (Å²) in [6.07, 6.45) is 1.20. The van der Waals surface area contributed by atoms with Crippen molar-refractivity contribution in [3.05, 3.63) is 52.9 Å². The van der Waals surface area contributed by atoms with Gasteiger partial charge in [-0.25, -0.2) is 9.97 Å². The zero-order valence-electron chi connectivity index (χ0n) is 11.9. The molecule has 1 aliphatic heterocycles. The first kappa shape index (κ1) is 14.3. The fourth-order valence-corrected chi connectivity index (χ4v) is 2.94. The van der Waals surface area contributed by atoms with Gasteiger partial charge in [-0.15, -0.1) is 0 Å². The molecule has 1 aromatic heterocycles. The molecule has 3 rings (SSSR count). The van der Waals surface area contributed by atoms with Gasteiger partial charge in [0.15, 0.2) is 0 Å². The van der Waals surface area contributed by atoms with Gasteiger partial charge < -0.3 is 10.1 Å². The van der Waals surface area contributed by atoms with Gasteiger partial charge in [-0.3, -0.25) is 0 Å². The minimum Gasteiger partial charge on any atom is -0.373 e. The lowest BCUT2D eigenvalue weighted by atomic mass is 9.95. The van der Waals surface area contributed by atoms with E-state index in [1.54, 1.807) is 6.07 Å². The maximum absolute atomic E-state index is 5.95. The second kappa shape index (κ2) is 6.41. The minimum absolute atomic E-state index is 0.150. The van der Waals surface area contributed by atoms with Crippen LogP contribution in [0, 0.1) is 12.8 Å². The summed E-state index contributed by atoms with van der Waals surface area (Å²) in [5, 5.41) is 3.82. The van der Waals surface area contributed by atoms with Gasteiger partial charge in [-0.1, -0.05) is 41.9 Å². The summed E-state index contributed by atoms with van der Waals surface area (Å²) in [4.78, 5) is 8.41. The van der Waals surface area contributed by atoms with Crippen molar-refractivity contribution >= 4 is 17.4 Å². The summed E-state index contributed by atoms with van der Waals surface area (Å²) in [5.41, 5.74) is 1.23. The number of halogens is 1. The van der Waals surface area contributed by atoms with E-state index < -0.39 is 0 Å². The van der Waals surface area contributed by atoms with Crippen LogP contribution in [0.25, 0.3) is 0 Å². The molecule has 2 atom stereocenters. The van der Waals surface area contributed by atoms with Gasteiger partial charge in [0.25, 0.3) is 0 Å². The molecule has 4 nitrogen and oxygen atoms in total. The molecular weight excluding hydrogens is 286 g/mol. The molecule has 0 bridgehead atoms. The van der Waals surface area contributed by atoms with Gasteiger partial charge >= 0.3 is 0 Å². The van der Waals surface area contributed by atoms with Gasteiger partial charge in [0.05, 0.1) is 6.10 Å². The first-order valence-electron chi connectivity index (χ1n) is 7.14. The van der Waals surface area contributed by atoms with Crippen molar-refractivity contribution in [2.24, 2.45) is 5.92 Å². The van der Waals surface area contributed by atoms with Crippen LogP contribution in [0.15, 0.2) is 36.4 Å². The van der Waals surface area contributed by atoms with Crippen LogP contribution in [0.2, 0.25) is 5.15 Å². The van der Waals surface area contributed by atoms with Crippen molar-refractivity contribution in [3.8, 4) is 0 Å². The van der Waals surface area contributed by atoms with Gasteiger partial charge in [-0.2, -0.15) is 0 Å². The molecule has 0 aliphatic carbocycles. The third-order valence-corrected chi connectivity index (χ3v) is 3.89. The molecule has 5 heteroatoms. The lowest BCUT2D eigenvalue weighted by molar-refractivity contribution is 0.0933. The van der Waals surface area contributed by atoms with E-state index >= 15 is 0 Å². The molecule has 1 N–H and O–H groups in total. The maximum Gasteiger partial charge on any atom is 0.134 e. The van der Waals surface area contributed by atoms with E-state index in [9.17, 15) is 0 Å². The van der Waals surface area contributed by atoms with E-state index in [0.29, 0.717) is 16.9 Å². The quantitative estimate of drug-likeness (QED) is 0.876. The Balaban J connectivity index is 1.67. The zero-order valence-corrected chi connectivity index (χ0v) is 12.7. The Morgan fingerprint density at radius 2 is 2.10 bits per heavy atom. The largest absolute Gasteiger partial charge is 0.373 e. The molecule has 1 fully saturated rings. The highest BCUT2D eigenvalue weighted by Crippen LogP contribution is 2.34. The molecule has 0 saturated carbocycles. The van der Waals surface area contributed by atoms with E-state index in [-0.39, 0.29) is 6.10 Å². The number of hydrogen-bond acceptors (Lipinski definition) is 4. The van der Waals surface area contributed by atoms with Gasteiger partial charge in [0.1, 0.15) is 16.8 Å². The molecule has 2 heterocycles. The fourth-order valence-electron chi connectivity index (χ4n) is 2.71. The number of aromatic nitrogens is 2. The maximum atomic E-state index is 5.95.